The van der Waals surface area contributed by atoms with Crippen LogP contribution < -0.4 is 10.1 Å². The zero-order chi connectivity index (χ0) is 28.0. The van der Waals surface area contributed by atoms with Crippen LogP contribution in [0.3, 0.4) is 0 Å². The molecule has 2 heterocycles. The number of nitrogens with zero attached hydrogens (tertiary/aromatic N) is 2. The molecule has 0 radical (unpaired) electrons. The van der Waals surface area contributed by atoms with Gasteiger partial charge in [0.1, 0.15) is 5.82 Å². The molecule has 0 bridgehead atoms. The highest BCUT2D eigenvalue weighted by atomic mass is 19.1. The van der Waals surface area contributed by atoms with Gasteiger partial charge in [-0.25, -0.2) is 9.37 Å². The third kappa shape index (κ3) is 4.61. The molecule has 40 heavy (non-hydrogen) atoms. The number of carboxylic acid groups (broad SMARTS) is 1. The summed E-state index contributed by atoms with van der Waals surface area (Å²) in [5.41, 5.74) is 4.11. The summed E-state index contributed by atoms with van der Waals surface area (Å²) in [6.45, 7) is 4.50. The molecule has 1 atom stereocenters. The topological polar surface area (TPSA) is 93.5 Å². The molecular weight excluding hydrogens is 509 g/mol. The molecular formula is C32H32FN3O4. The second-order valence-corrected chi connectivity index (χ2v) is 11.2. The minimum absolute atomic E-state index is 0.00663. The third-order valence-corrected chi connectivity index (χ3v) is 8.64. The number of pyridine rings is 1. The van der Waals surface area contributed by atoms with Crippen LogP contribution in [0.15, 0.2) is 67.0 Å². The summed E-state index contributed by atoms with van der Waals surface area (Å²) in [6, 6.07) is 16.5. The van der Waals surface area contributed by atoms with E-state index < -0.39 is 5.97 Å². The van der Waals surface area contributed by atoms with Crippen molar-refractivity contribution in [2.45, 2.75) is 51.6 Å². The van der Waals surface area contributed by atoms with Crippen molar-refractivity contribution in [3.8, 4) is 17.0 Å². The number of carboxylic acids is 1. The number of aliphatic carboxylic acids is 1. The number of halogens is 1. The van der Waals surface area contributed by atoms with Crippen LogP contribution in [0.25, 0.3) is 22.0 Å². The summed E-state index contributed by atoms with van der Waals surface area (Å²) in [5.74, 6) is -1.01. The van der Waals surface area contributed by atoms with Gasteiger partial charge in [-0.1, -0.05) is 24.3 Å². The molecule has 2 aromatic carbocycles. The Morgan fingerprint density at radius 2 is 1.85 bits per heavy atom. The van der Waals surface area contributed by atoms with E-state index in [1.165, 1.54) is 6.07 Å². The van der Waals surface area contributed by atoms with Gasteiger partial charge in [0.25, 0.3) is 5.91 Å². The van der Waals surface area contributed by atoms with E-state index in [-0.39, 0.29) is 35.1 Å². The number of nitrogens with one attached hydrogen (secondary N) is 1. The number of aromatic nitrogens is 2. The number of carbonyl (C=O) groups excluding carboxylic acids is 1. The van der Waals surface area contributed by atoms with Gasteiger partial charge < -0.3 is 19.7 Å². The maximum Gasteiger partial charge on any atom is 0.306 e. The van der Waals surface area contributed by atoms with Crippen LogP contribution in [-0.2, 0) is 4.79 Å². The minimum Gasteiger partial charge on any atom is -0.481 e. The minimum atomic E-state index is -0.732. The first-order valence-electron chi connectivity index (χ1n) is 13.8. The Kier molecular flexibility index (Phi) is 6.56. The van der Waals surface area contributed by atoms with Crippen molar-refractivity contribution in [2.75, 3.05) is 6.61 Å². The maximum atomic E-state index is 14.8. The molecule has 2 aliphatic rings. The number of rotatable bonds is 8. The Labute approximate surface area is 232 Å². The molecule has 2 fully saturated rings. The highest BCUT2D eigenvalue weighted by Gasteiger charge is 2.55. The van der Waals surface area contributed by atoms with Gasteiger partial charge >= 0.3 is 5.97 Å². The van der Waals surface area contributed by atoms with Crippen molar-refractivity contribution in [1.29, 1.82) is 0 Å². The van der Waals surface area contributed by atoms with Crippen LogP contribution in [0.4, 0.5) is 4.39 Å². The first-order valence-corrected chi connectivity index (χ1v) is 13.8. The number of fused-ring (bicyclic) bond motifs is 1. The van der Waals surface area contributed by atoms with Crippen LogP contribution in [0.5, 0.6) is 5.88 Å². The number of hydrogen-bond acceptors (Lipinski definition) is 4. The lowest BCUT2D eigenvalue weighted by Gasteiger charge is -2.56. The molecule has 1 spiro atoms. The van der Waals surface area contributed by atoms with Crippen molar-refractivity contribution < 1.29 is 23.8 Å². The predicted octanol–water partition coefficient (Wildman–Crippen LogP) is 6.22. The fraction of sp³-hybridized carbons (Fsp3) is 0.344. The van der Waals surface area contributed by atoms with E-state index in [2.05, 4.69) is 10.3 Å². The summed E-state index contributed by atoms with van der Waals surface area (Å²) < 4.78 is 22.3. The molecule has 8 heteroatoms. The Morgan fingerprint density at radius 3 is 2.55 bits per heavy atom. The summed E-state index contributed by atoms with van der Waals surface area (Å²) in [5, 5.41) is 12.7. The molecule has 4 aromatic rings. The van der Waals surface area contributed by atoms with Crippen LogP contribution in [-0.4, -0.2) is 39.2 Å². The summed E-state index contributed by atoms with van der Waals surface area (Å²) >= 11 is 0. The van der Waals surface area contributed by atoms with E-state index in [0.717, 1.165) is 29.5 Å². The van der Waals surface area contributed by atoms with Crippen molar-refractivity contribution in [2.24, 2.45) is 11.3 Å². The first kappa shape index (κ1) is 26.0. The van der Waals surface area contributed by atoms with Gasteiger partial charge in [0, 0.05) is 29.9 Å². The molecule has 0 saturated heterocycles. The van der Waals surface area contributed by atoms with Gasteiger partial charge in [0.15, 0.2) is 0 Å². The number of carbonyl (C=O) groups is 2. The van der Waals surface area contributed by atoms with Gasteiger partial charge in [-0.2, -0.15) is 0 Å². The fourth-order valence-corrected chi connectivity index (χ4v) is 6.53. The average molecular weight is 542 g/mol. The van der Waals surface area contributed by atoms with E-state index in [1.807, 2.05) is 61.0 Å². The van der Waals surface area contributed by atoms with E-state index in [0.29, 0.717) is 41.8 Å². The SMILES string of the molecule is CCOc1cc(-c2ccc([C@H](C)n3ccc4c(F)ccc(C(=O)NC5CC6(C5)CC(C(=O)O)C6)c43)cc2)ccn1. The normalized spacial score (nSPS) is 22.4. The van der Waals surface area contributed by atoms with E-state index in [9.17, 15) is 19.1 Å². The molecule has 2 aliphatic carbocycles. The fourth-order valence-electron chi connectivity index (χ4n) is 6.53. The second kappa shape index (κ2) is 10.1. The molecule has 7 nitrogen and oxygen atoms in total. The molecule has 206 valence electrons. The number of benzene rings is 2. The van der Waals surface area contributed by atoms with Gasteiger partial charge in [-0.05, 0) is 85.9 Å². The Hall–Kier alpha value is -4.20. The molecule has 0 unspecified atom stereocenters. The van der Waals surface area contributed by atoms with Gasteiger partial charge in [0.2, 0.25) is 5.88 Å². The monoisotopic (exact) mass is 541 g/mol. The average Bonchev–Trinajstić information content (AvgIpc) is 3.35. The summed E-state index contributed by atoms with van der Waals surface area (Å²) in [7, 11) is 0. The largest absolute Gasteiger partial charge is 0.481 e. The second-order valence-electron chi connectivity index (χ2n) is 11.2. The van der Waals surface area contributed by atoms with Crippen LogP contribution in [0, 0.1) is 17.2 Å². The van der Waals surface area contributed by atoms with Crippen LogP contribution in [0.2, 0.25) is 0 Å². The number of amides is 1. The van der Waals surface area contributed by atoms with Crippen LogP contribution >= 0.6 is 0 Å². The number of hydrogen-bond donors (Lipinski definition) is 2. The van der Waals surface area contributed by atoms with Gasteiger partial charge in [-0.3, -0.25) is 9.59 Å². The first-order chi connectivity index (χ1) is 19.3. The van der Waals surface area contributed by atoms with Gasteiger partial charge in [-0.15, -0.1) is 0 Å². The van der Waals surface area contributed by atoms with E-state index in [1.54, 1.807) is 18.3 Å². The Morgan fingerprint density at radius 1 is 1.10 bits per heavy atom. The van der Waals surface area contributed by atoms with Crippen molar-refractivity contribution in [3.63, 3.8) is 0 Å². The van der Waals surface area contributed by atoms with E-state index >= 15 is 0 Å². The summed E-state index contributed by atoms with van der Waals surface area (Å²) in [6.07, 6.45) is 6.51. The summed E-state index contributed by atoms with van der Waals surface area (Å²) in [4.78, 5) is 28.8. The lowest BCUT2D eigenvalue weighted by Crippen LogP contribution is -2.57. The van der Waals surface area contributed by atoms with Crippen molar-refractivity contribution in [3.05, 3.63) is 83.9 Å². The number of ether oxygens (including phenoxy) is 1. The smallest absolute Gasteiger partial charge is 0.306 e. The highest BCUT2D eigenvalue weighted by Crippen LogP contribution is 2.58. The zero-order valence-corrected chi connectivity index (χ0v) is 22.6. The molecule has 2 N–H and O–H groups in total. The van der Waals surface area contributed by atoms with Crippen molar-refractivity contribution in [1.82, 2.24) is 14.9 Å². The zero-order valence-electron chi connectivity index (χ0n) is 22.6. The molecule has 1 amide bonds. The molecule has 2 aromatic heterocycles. The van der Waals surface area contributed by atoms with Crippen LogP contribution in [0.1, 0.15) is 61.5 Å². The third-order valence-electron chi connectivity index (χ3n) is 8.64. The quantitative estimate of drug-likeness (QED) is 0.276. The maximum absolute atomic E-state index is 14.8. The highest BCUT2D eigenvalue weighted by molar-refractivity contribution is 6.06. The Balaban J connectivity index is 1.21. The van der Waals surface area contributed by atoms with Crippen molar-refractivity contribution >= 4 is 22.8 Å². The molecule has 0 aliphatic heterocycles. The van der Waals surface area contributed by atoms with Gasteiger partial charge in [0.05, 0.1) is 29.6 Å². The lowest BCUT2D eigenvalue weighted by atomic mass is 9.50. The molecule has 6 rings (SSSR count). The predicted molar refractivity (Wildman–Crippen MR) is 150 cm³/mol. The standard InChI is InChI=1S/C32H32FN3O4/c1-3-40-28-14-22(10-12-34-28)21-6-4-20(5-7-21)19(2)36-13-11-25-27(33)9-8-26(29(25)36)30(37)35-24-17-32(18-24)15-23(16-32)31(38)39/h4-14,19,23-24H,3,15-18H2,1-2H3,(H,35,37)(H,38,39)/t19-,23?,24?,32?/m0/s1. The lowest BCUT2D eigenvalue weighted by molar-refractivity contribution is -0.155. The molecule has 2 saturated carbocycles. The Bertz CT molecular complexity index is 1580. The van der Waals surface area contributed by atoms with E-state index in [4.69, 9.17) is 4.74 Å².